The van der Waals surface area contributed by atoms with Crippen molar-refractivity contribution in [1.82, 2.24) is 0 Å². The molecule has 15 heavy (non-hydrogen) atoms. The van der Waals surface area contributed by atoms with Crippen LogP contribution in [0.15, 0.2) is 24.3 Å². The fourth-order valence-corrected chi connectivity index (χ4v) is 1.94. The quantitative estimate of drug-likeness (QED) is 0.705. The molecule has 2 rings (SSSR count). The average Bonchev–Trinajstić information content (AvgIpc) is 2.53. The van der Waals surface area contributed by atoms with Crippen LogP contribution in [0.1, 0.15) is 12.5 Å². The zero-order valence-corrected chi connectivity index (χ0v) is 8.45. The molecule has 1 atom stereocenters. The second-order valence-electron chi connectivity index (χ2n) is 3.53. The molecule has 0 fully saturated rings. The van der Waals surface area contributed by atoms with Crippen LogP contribution >= 0.6 is 0 Å². The molecular weight excluding hydrogens is 190 g/mol. The molecule has 0 spiro atoms. The second kappa shape index (κ2) is 3.37. The Morgan fingerprint density at radius 2 is 2.27 bits per heavy atom. The summed E-state index contributed by atoms with van der Waals surface area (Å²) in [5, 5.41) is 13.7. The van der Waals surface area contributed by atoms with Crippen molar-refractivity contribution in [2.24, 2.45) is 0 Å². The SMILES string of the molecule is CC[NH2+][C@]1(C#N)C(=O)Nc2ccccc21. The van der Waals surface area contributed by atoms with Gasteiger partial charge in [-0.1, -0.05) is 12.1 Å². The Bertz CT molecular complexity index is 449. The van der Waals surface area contributed by atoms with Crippen LogP contribution in [0.25, 0.3) is 0 Å². The first kappa shape index (κ1) is 9.69. The first-order valence-electron chi connectivity index (χ1n) is 4.91. The van der Waals surface area contributed by atoms with Crippen molar-refractivity contribution >= 4 is 11.6 Å². The third-order valence-corrected chi connectivity index (χ3v) is 2.64. The summed E-state index contributed by atoms with van der Waals surface area (Å²) in [4.78, 5) is 11.8. The summed E-state index contributed by atoms with van der Waals surface area (Å²) in [6.45, 7) is 2.61. The van der Waals surface area contributed by atoms with Crippen LogP contribution in [0.4, 0.5) is 5.69 Å². The van der Waals surface area contributed by atoms with E-state index in [1.54, 1.807) is 5.32 Å². The molecule has 76 valence electrons. The van der Waals surface area contributed by atoms with Crippen LogP contribution in [0.5, 0.6) is 0 Å². The van der Waals surface area contributed by atoms with Gasteiger partial charge in [-0.25, -0.2) is 0 Å². The predicted octanol–water partition coefficient (Wildman–Crippen LogP) is -0.0591. The number of nitriles is 1. The summed E-state index contributed by atoms with van der Waals surface area (Å²) in [6, 6.07) is 9.44. The first-order valence-corrected chi connectivity index (χ1v) is 4.91. The van der Waals surface area contributed by atoms with E-state index in [9.17, 15) is 10.1 Å². The van der Waals surface area contributed by atoms with E-state index in [4.69, 9.17) is 0 Å². The maximum atomic E-state index is 11.8. The Balaban J connectivity index is 2.58. The van der Waals surface area contributed by atoms with Crippen molar-refractivity contribution in [3.8, 4) is 6.07 Å². The van der Waals surface area contributed by atoms with E-state index in [1.807, 2.05) is 31.2 Å². The number of para-hydroxylation sites is 1. The molecular formula is C11H12N3O+. The average molecular weight is 202 g/mol. The minimum atomic E-state index is -1.09. The van der Waals surface area contributed by atoms with Crippen LogP contribution in [-0.4, -0.2) is 12.5 Å². The Morgan fingerprint density at radius 3 is 2.93 bits per heavy atom. The Hall–Kier alpha value is -1.86. The summed E-state index contributed by atoms with van der Waals surface area (Å²) in [5.74, 6) is -0.243. The zero-order valence-electron chi connectivity index (χ0n) is 8.45. The van der Waals surface area contributed by atoms with E-state index in [-0.39, 0.29) is 5.91 Å². The first-order chi connectivity index (χ1) is 7.24. The van der Waals surface area contributed by atoms with Gasteiger partial charge < -0.3 is 10.6 Å². The molecule has 1 aliphatic heterocycles. The largest absolute Gasteiger partial charge is 0.319 e. The molecule has 1 amide bonds. The number of hydrogen-bond donors (Lipinski definition) is 2. The van der Waals surface area contributed by atoms with Gasteiger partial charge in [0, 0.05) is 0 Å². The number of anilines is 1. The van der Waals surface area contributed by atoms with Crippen LogP contribution < -0.4 is 10.6 Å². The summed E-state index contributed by atoms with van der Waals surface area (Å²) in [7, 11) is 0. The number of fused-ring (bicyclic) bond motifs is 1. The van der Waals surface area contributed by atoms with Gasteiger partial charge >= 0.3 is 5.91 Å². The van der Waals surface area contributed by atoms with E-state index in [0.717, 1.165) is 11.3 Å². The highest BCUT2D eigenvalue weighted by Crippen LogP contribution is 2.32. The molecule has 0 aliphatic carbocycles. The van der Waals surface area contributed by atoms with E-state index < -0.39 is 5.54 Å². The monoisotopic (exact) mass is 202 g/mol. The topological polar surface area (TPSA) is 69.5 Å². The Kier molecular flexibility index (Phi) is 2.18. The van der Waals surface area contributed by atoms with E-state index in [0.29, 0.717) is 6.54 Å². The van der Waals surface area contributed by atoms with Gasteiger partial charge in [0.15, 0.2) is 0 Å². The van der Waals surface area contributed by atoms with Crippen molar-refractivity contribution in [1.29, 1.82) is 5.26 Å². The van der Waals surface area contributed by atoms with Crippen LogP contribution in [-0.2, 0) is 10.3 Å². The highest BCUT2D eigenvalue weighted by molar-refractivity contribution is 6.06. The van der Waals surface area contributed by atoms with Gasteiger partial charge in [-0.15, -0.1) is 0 Å². The number of nitrogens with two attached hydrogens (primary N) is 1. The van der Waals surface area contributed by atoms with Crippen molar-refractivity contribution in [3.63, 3.8) is 0 Å². The molecule has 0 radical (unpaired) electrons. The van der Waals surface area contributed by atoms with Gasteiger partial charge in [-0.2, -0.15) is 5.26 Å². The maximum Gasteiger partial charge on any atom is 0.306 e. The third-order valence-electron chi connectivity index (χ3n) is 2.64. The van der Waals surface area contributed by atoms with E-state index in [2.05, 4.69) is 11.4 Å². The minimum absolute atomic E-state index is 0.243. The second-order valence-corrected chi connectivity index (χ2v) is 3.53. The Labute approximate surface area is 87.9 Å². The number of nitrogens with one attached hydrogen (secondary N) is 1. The molecule has 0 saturated heterocycles. The highest BCUT2D eigenvalue weighted by Gasteiger charge is 2.50. The molecule has 0 saturated carbocycles. The molecule has 0 aromatic heterocycles. The van der Waals surface area contributed by atoms with Gasteiger partial charge in [-0.3, -0.25) is 4.79 Å². The van der Waals surface area contributed by atoms with Crippen molar-refractivity contribution in [3.05, 3.63) is 29.8 Å². The molecule has 1 aromatic carbocycles. The molecule has 1 aromatic rings. The summed E-state index contributed by atoms with van der Waals surface area (Å²) < 4.78 is 0. The lowest BCUT2D eigenvalue weighted by Gasteiger charge is -2.15. The molecule has 3 N–H and O–H groups in total. The summed E-state index contributed by atoms with van der Waals surface area (Å²) >= 11 is 0. The van der Waals surface area contributed by atoms with Crippen molar-refractivity contribution in [2.45, 2.75) is 12.5 Å². The standard InChI is InChI=1S/C11H11N3O/c1-2-13-11(7-12)8-5-3-4-6-9(8)14-10(11)15/h3-6,13H,2H2,1H3,(H,14,15)/p+1/t11-/m0/s1. The molecule has 4 heteroatoms. The molecule has 1 heterocycles. The maximum absolute atomic E-state index is 11.8. The van der Waals surface area contributed by atoms with Crippen molar-refractivity contribution in [2.75, 3.05) is 11.9 Å². The fraction of sp³-hybridized carbons (Fsp3) is 0.273. The number of carbonyl (C=O) groups excluding carboxylic acids is 1. The lowest BCUT2D eigenvalue weighted by Crippen LogP contribution is -2.96. The number of likely N-dealkylation sites (N-methyl/N-ethyl adjacent to an activating group) is 1. The van der Waals surface area contributed by atoms with Crippen molar-refractivity contribution < 1.29 is 10.1 Å². The van der Waals surface area contributed by atoms with E-state index >= 15 is 0 Å². The van der Waals surface area contributed by atoms with Gasteiger partial charge in [0.2, 0.25) is 0 Å². The summed E-state index contributed by atoms with van der Waals surface area (Å²) in [5.41, 5.74) is 0.416. The normalized spacial score (nSPS) is 23.1. The van der Waals surface area contributed by atoms with Gasteiger partial charge in [0.05, 0.1) is 17.8 Å². The molecule has 0 bridgehead atoms. The highest BCUT2D eigenvalue weighted by atomic mass is 16.2. The lowest BCUT2D eigenvalue weighted by molar-refractivity contribution is -0.703. The fourth-order valence-electron chi connectivity index (χ4n) is 1.94. The van der Waals surface area contributed by atoms with Crippen LogP contribution in [0, 0.1) is 11.3 Å². The van der Waals surface area contributed by atoms with Gasteiger partial charge in [0.1, 0.15) is 6.07 Å². The number of rotatable bonds is 2. The Morgan fingerprint density at radius 1 is 1.53 bits per heavy atom. The predicted molar refractivity (Wildman–Crippen MR) is 54.8 cm³/mol. The zero-order chi connectivity index (χ0) is 10.9. The number of hydrogen-bond acceptors (Lipinski definition) is 2. The summed E-state index contributed by atoms with van der Waals surface area (Å²) in [6.07, 6.45) is 0. The lowest BCUT2D eigenvalue weighted by atomic mass is 9.93. The van der Waals surface area contributed by atoms with Crippen LogP contribution in [0.3, 0.4) is 0 Å². The number of benzene rings is 1. The van der Waals surface area contributed by atoms with Gasteiger partial charge in [-0.05, 0) is 19.1 Å². The molecule has 1 aliphatic rings. The van der Waals surface area contributed by atoms with Gasteiger partial charge in [0.25, 0.3) is 5.54 Å². The third kappa shape index (κ3) is 1.21. The number of amides is 1. The number of carbonyl (C=O) groups is 1. The molecule has 4 nitrogen and oxygen atoms in total. The van der Waals surface area contributed by atoms with Crippen LogP contribution in [0.2, 0.25) is 0 Å². The minimum Gasteiger partial charge on any atom is -0.319 e. The number of quaternary nitrogens is 1. The molecule has 0 unspecified atom stereocenters. The smallest absolute Gasteiger partial charge is 0.306 e. The number of nitrogens with zero attached hydrogens (tertiary/aromatic N) is 1. The van der Waals surface area contributed by atoms with E-state index in [1.165, 1.54) is 0 Å².